The summed E-state index contributed by atoms with van der Waals surface area (Å²) in [5, 5.41) is 0. The Morgan fingerprint density at radius 3 is 2.42 bits per heavy atom. The third-order valence-electron chi connectivity index (χ3n) is 3.94. The van der Waals surface area contributed by atoms with Crippen molar-refractivity contribution < 1.29 is 17.6 Å². The zero-order valence-electron chi connectivity index (χ0n) is 14.9. The van der Waals surface area contributed by atoms with Crippen molar-refractivity contribution in [3.8, 4) is 0 Å². The minimum Gasteiger partial charge on any atom is -0.339 e. The molecule has 0 unspecified atom stereocenters. The molecule has 0 aliphatic carbocycles. The van der Waals surface area contributed by atoms with Crippen molar-refractivity contribution in [2.75, 3.05) is 17.8 Å². The zero-order valence-corrected chi connectivity index (χ0v) is 15.7. The van der Waals surface area contributed by atoms with Crippen LogP contribution in [0.15, 0.2) is 53.4 Å². The molecule has 0 radical (unpaired) electrons. The van der Waals surface area contributed by atoms with Gasteiger partial charge in [0.1, 0.15) is 5.82 Å². The molecule has 0 heterocycles. The van der Waals surface area contributed by atoms with Gasteiger partial charge in [0.25, 0.3) is 15.9 Å². The number of hydrogen-bond donors (Lipinski definition) is 1. The standard InChI is InChI=1S/C19H23FN2O3S/c1-3-5-13-22(4-2)19(23)15-7-6-8-18(14-15)26(24,25)21-17-11-9-16(20)10-12-17/h6-12,14,21H,3-5,13H2,1-2H3. The molecule has 2 rings (SSSR count). The SMILES string of the molecule is CCCCN(CC)C(=O)c1cccc(S(=O)(=O)Nc2ccc(F)cc2)c1. The molecule has 7 heteroatoms. The van der Waals surface area contributed by atoms with Gasteiger partial charge < -0.3 is 4.90 Å². The van der Waals surface area contributed by atoms with E-state index in [9.17, 15) is 17.6 Å². The second-order valence-corrected chi connectivity index (χ2v) is 7.56. The maximum atomic E-state index is 13.0. The number of nitrogens with one attached hydrogen (secondary N) is 1. The third kappa shape index (κ3) is 5.05. The lowest BCUT2D eigenvalue weighted by Crippen LogP contribution is -2.31. The van der Waals surface area contributed by atoms with Crippen molar-refractivity contribution >= 4 is 21.6 Å². The summed E-state index contributed by atoms with van der Waals surface area (Å²) in [6, 6.07) is 11.0. The second kappa shape index (κ2) is 8.80. The summed E-state index contributed by atoms with van der Waals surface area (Å²) >= 11 is 0. The van der Waals surface area contributed by atoms with Crippen LogP contribution in [-0.4, -0.2) is 32.3 Å². The highest BCUT2D eigenvalue weighted by Gasteiger charge is 2.19. The fraction of sp³-hybridized carbons (Fsp3) is 0.316. The Morgan fingerprint density at radius 2 is 1.81 bits per heavy atom. The van der Waals surface area contributed by atoms with E-state index >= 15 is 0 Å². The Balaban J connectivity index is 2.24. The van der Waals surface area contributed by atoms with Crippen LogP contribution in [0.25, 0.3) is 0 Å². The Kier molecular flexibility index (Phi) is 6.74. The van der Waals surface area contributed by atoms with Crippen LogP contribution in [0.1, 0.15) is 37.0 Å². The van der Waals surface area contributed by atoms with Crippen LogP contribution in [0.3, 0.4) is 0 Å². The number of carbonyl (C=O) groups is 1. The van der Waals surface area contributed by atoms with Gasteiger partial charge in [-0.3, -0.25) is 9.52 Å². The first-order chi connectivity index (χ1) is 12.4. The van der Waals surface area contributed by atoms with Crippen molar-refractivity contribution in [1.29, 1.82) is 0 Å². The topological polar surface area (TPSA) is 66.5 Å². The minimum atomic E-state index is -3.87. The molecule has 0 atom stereocenters. The average molecular weight is 378 g/mol. The van der Waals surface area contributed by atoms with Crippen LogP contribution >= 0.6 is 0 Å². The smallest absolute Gasteiger partial charge is 0.261 e. The molecule has 0 saturated heterocycles. The van der Waals surface area contributed by atoms with Gasteiger partial charge in [-0.05, 0) is 55.8 Å². The molecule has 0 aromatic heterocycles. The van der Waals surface area contributed by atoms with Crippen molar-refractivity contribution in [2.45, 2.75) is 31.6 Å². The van der Waals surface area contributed by atoms with Crippen molar-refractivity contribution in [3.63, 3.8) is 0 Å². The van der Waals surface area contributed by atoms with Crippen LogP contribution in [0.5, 0.6) is 0 Å². The normalized spacial score (nSPS) is 11.2. The van der Waals surface area contributed by atoms with Gasteiger partial charge >= 0.3 is 0 Å². The highest BCUT2D eigenvalue weighted by atomic mass is 32.2. The van der Waals surface area contributed by atoms with Gasteiger partial charge in [-0.1, -0.05) is 19.4 Å². The van der Waals surface area contributed by atoms with Crippen LogP contribution < -0.4 is 4.72 Å². The number of hydrogen-bond acceptors (Lipinski definition) is 3. The van der Waals surface area contributed by atoms with E-state index in [1.54, 1.807) is 17.0 Å². The lowest BCUT2D eigenvalue weighted by molar-refractivity contribution is 0.0762. The summed E-state index contributed by atoms with van der Waals surface area (Å²) in [4.78, 5) is 14.3. The lowest BCUT2D eigenvalue weighted by Gasteiger charge is -2.21. The van der Waals surface area contributed by atoms with Crippen molar-refractivity contribution in [3.05, 3.63) is 59.9 Å². The van der Waals surface area contributed by atoms with Gasteiger partial charge in [-0.25, -0.2) is 12.8 Å². The van der Waals surface area contributed by atoms with E-state index in [-0.39, 0.29) is 16.5 Å². The Hall–Kier alpha value is -2.41. The Morgan fingerprint density at radius 1 is 1.12 bits per heavy atom. The van der Waals surface area contributed by atoms with E-state index in [0.29, 0.717) is 18.7 Å². The molecule has 5 nitrogen and oxygen atoms in total. The molecule has 2 aromatic carbocycles. The zero-order chi connectivity index (χ0) is 19.2. The second-order valence-electron chi connectivity index (χ2n) is 5.88. The van der Waals surface area contributed by atoms with E-state index < -0.39 is 15.8 Å². The molecule has 0 spiro atoms. The highest BCUT2D eigenvalue weighted by Crippen LogP contribution is 2.18. The van der Waals surface area contributed by atoms with Crippen LogP contribution in [0.2, 0.25) is 0 Å². The number of benzene rings is 2. The van der Waals surface area contributed by atoms with Crippen LogP contribution in [-0.2, 0) is 10.0 Å². The number of anilines is 1. The fourth-order valence-corrected chi connectivity index (χ4v) is 3.57. The number of sulfonamides is 1. The van der Waals surface area contributed by atoms with Crippen LogP contribution in [0, 0.1) is 5.82 Å². The third-order valence-corrected chi connectivity index (χ3v) is 5.32. The van der Waals surface area contributed by atoms with E-state index in [1.807, 2.05) is 13.8 Å². The van der Waals surface area contributed by atoms with Crippen molar-refractivity contribution in [2.24, 2.45) is 0 Å². The molecule has 1 N–H and O–H groups in total. The van der Waals surface area contributed by atoms with Gasteiger partial charge in [0.05, 0.1) is 4.90 Å². The summed E-state index contributed by atoms with van der Waals surface area (Å²) in [6.07, 6.45) is 1.86. The fourth-order valence-electron chi connectivity index (χ4n) is 2.46. The first-order valence-electron chi connectivity index (χ1n) is 8.55. The van der Waals surface area contributed by atoms with E-state index in [1.165, 1.54) is 36.4 Å². The van der Waals surface area contributed by atoms with E-state index in [4.69, 9.17) is 0 Å². The molecular weight excluding hydrogens is 355 g/mol. The summed E-state index contributed by atoms with van der Waals surface area (Å²) in [6.45, 7) is 5.14. The largest absolute Gasteiger partial charge is 0.339 e. The molecule has 0 saturated carbocycles. The van der Waals surface area contributed by atoms with Gasteiger partial charge in [-0.15, -0.1) is 0 Å². The molecule has 0 aliphatic heterocycles. The molecule has 26 heavy (non-hydrogen) atoms. The van der Waals surface area contributed by atoms with Gasteiger partial charge in [0.2, 0.25) is 0 Å². The first-order valence-corrected chi connectivity index (χ1v) is 10.0. The Labute approximate surface area is 153 Å². The molecule has 1 amide bonds. The predicted molar refractivity (Wildman–Crippen MR) is 100 cm³/mol. The quantitative estimate of drug-likeness (QED) is 0.758. The lowest BCUT2D eigenvalue weighted by atomic mass is 10.2. The predicted octanol–water partition coefficient (Wildman–Crippen LogP) is 3.89. The summed E-state index contributed by atoms with van der Waals surface area (Å²) in [5.74, 6) is -0.646. The summed E-state index contributed by atoms with van der Waals surface area (Å²) in [7, 11) is -3.87. The van der Waals surface area contributed by atoms with Crippen molar-refractivity contribution in [1.82, 2.24) is 4.90 Å². The summed E-state index contributed by atoms with van der Waals surface area (Å²) in [5.41, 5.74) is 0.575. The Bertz CT molecular complexity index is 851. The molecule has 0 bridgehead atoms. The number of unbranched alkanes of at least 4 members (excludes halogenated alkanes) is 1. The average Bonchev–Trinajstić information content (AvgIpc) is 2.64. The number of carbonyl (C=O) groups excluding carboxylic acids is 1. The summed E-state index contributed by atoms with van der Waals surface area (Å²) < 4.78 is 40.4. The molecule has 2 aromatic rings. The molecular formula is C19H23FN2O3S. The van der Waals surface area contributed by atoms with Gasteiger partial charge in [0, 0.05) is 24.3 Å². The maximum Gasteiger partial charge on any atom is 0.261 e. The minimum absolute atomic E-state index is 0.0146. The molecule has 0 aliphatic rings. The van der Waals surface area contributed by atoms with Gasteiger partial charge in [-0.2, -0.15) is 0 Å². The number of halogens is 1. The van der Waals surface area contributed by atoms with E-state index in [0.717, 1.165) is 12.8 Å². The highest BCUT2D eigenvalue weighted by molar-refractivity contribution is 7.92. The van der Waals surface area contributed by atoms with Gasteiger partial charge in [0.15, 0.2) is 0 Å². The first kappa shape index (κ1) is 19.9. The molecule has 140 valence electrons. The van der Waals surface area contributed by atoms with Crippen LogP contribution in [0.4, 0.5) is 10.1 Å². The number of rotatable bonds is 8. The number of amides is 1. The molecule has 0 fully saturated rings. The number of nitrogens with zero attached hydrogens (tertiary/aromatic N) is 1. The monoisotopic (exact) mass is 378 g/mol. The maximum absolute atomic E-state index is 13.0. The van der Waals surface area contributed by atoms with E-state index in [2.05, 4.69) is 4.72 Å².